The first kappa shape index (κ1) is 18.7. The Morgan fingerprint density at radius 3 is 2.28 bits per heavy atom. The van der Waals surface area contributed by atoms with Gasteiger partial charge in [0.05, 0.1) is 0 Å². The van der Waals surface area contributed by atoms with Crippen LogP contribution < -0.4 is 10.2 Å². The van der Waals surface area contributed by atoms with Crippen LogP contribution in [0.3, 0.4) is 0 Å². The molecule has 132 valence electrons. The summed E-state index contributed by atoms with van der Waals surface area (Å²) in [7, 11) is 1.76. The molecular weight excluding hydrogens is 312 g/mol. The number of carbonyl (C=O) groups is 2. The average Bonchev–Trinajstić information content (AvgIpc) is 2.62. The molecule has 2 aromatic carbocycles. The second-order valence-corrected chi connectivity index (χ2v) is 6.43. The van der Waals surface area contributed by atoms with Crippen molar-refractivity contribution < 1.29 is 9.59 Å². The molecule has 2 rings (SSSR count). The third-order valence-corrected chi connectivity index (χ3v) is 4.17. The highest BCUT2D eigenvalue weighted by Gasteiger charge is 2.12. The molecule has 0 fully saturated rings. The fourth-order valence-electron chi connectivity index (χ4n) is 2.69. The van der Waals surface area contributed by atoms with Crippen LogP contribution in [-0.4, -0.2) is 18.9 Å². The molecule has 0 saturated heterocycles. The van der Waals surface area contributed by atoms with Crippen molar-refractivity contribution in [2.75, 3.05) is 17.3 Å². The number of hydrogen-bond donors (Lipinski definition) is 1. The highest BCUT2D eigenvalue weighted by Crippen LogP contribution is 2.24. The van der Waals surface area contributed by atoms with Gasteiger partial charge in [0.15, 0.2) is 0 Å². The summed E-state index contributed by atoms with van der Waals surface area (Å²) in [5.41, 5.74) is 2.84. The number of nitrogens with one attached hydrogen (secondary N) is 1. The lowest BCUT2D eigenvalue weighted by Crippen LogP contribution is -2.26. The Hall–Kier alpha value is -2.62. The molecule has 0 unspecified atom stereocenters. The van der Waals surface area contributed by atoms with E-state index >= 15 is 0 Å². The van der Waals surface area contributed by atoms with Crippen molar-refractivity contribution in [3.8, 4) is 0 Å². The Bertz CT molecular complexity index is 711. The summed E-state index contributed by atoms with van der Waals surface area (Å²) in [5.74, 6) is 0.308. The summed E-state index contributed by atoms with van der Waals surface area (Å²) in [5, 5.41) is 2.96. The van der Waals surface area contributed by atoms with Crippen molar-refractivity contribution in [1.29, 1.82) is 0 Å². The normalized spacial score (nSPS) is 10.6. The molecule has 2 aromatic rings. The molecule has 0 atom stereocenters. The highest BCUT2D eigenvalue weighted by molar-refractivity contribution is 5.94. The summed E-state index contributed by atoms with van der Waals surface area (Å²) in [6.45, 7) is 4.20. The van der Waals surface area contributed by atoms with E-state index in [0.29, 0.717) is 25.2 Å². The zero-order chi connectivity index (χ0) is 18.2. The lowest BCUT2D eigenvalue weighted by Gasteiger charge is -2.17. The zero-order valence-electron chi connectivity index (χ0n) is 15.2. The molecule has 1 N–H and O–H groups in total. The van der Waals surface area contributed by atoms with E-state index in [9.17, 15) is 9.59 Å². The third kappa shape index (κ3) is 5.45. The fraction of sp³-hybridized carbons (Fsp3) is 0.333. The number of hydrogen-bond acceptors (Lipinski definition) is 2. The van der Waals surface area contributed by atoms with E-state index in [0.717, 1.165) is 16.9 Å². The van der Waals surface area contributed by atoms with Crippen molar-refractivity contribution in [2.45, 2.75) is 39.0 Å². The molecular formula is C21H26N2O2. The number of nitrogens with zero attached hydrogens (tertiary/aromatic N) is 1. The van der Waals surface area contributed by atoms with Gasteiger partial charge in [-0.1, -0.05) is 50.2 Å². The van der Waals surface area contributed by atoms with Gasteiger partial charge in [0, 0.05) is 31.3 Å². The van der Waals surface area contributed by atoms with Crippen LogP contribution in [0, 0.1) is 0 Å². The maximum Gasteiger partial charge on any atom is 0.226 e. The molecule has 0 radical (unpaired) electrons. The SMILES string of the molecule is CC(C)c1ccccc1NC(=O)CCCC(=O)N(C)c1ccccc1. The van der Waals surface area contributed by atoms with E-state index in [1.807, 2.05) is 54.6 Å². The Labute approximate surface area is 149 Å². The highest BCUT2D eigenvalue weighted by atomic mass is 16.2. The van der Waals surface area contributed by atoms with Gasteiger partial charge < -0.3 is 10.2 Å². The summed E-state index contributed by atoms with van der Waals surface area (Å²) < 4.78 is 0. The summed E-state index contributed by atoms with van der Waals surface area (Å²) in [6, 6.07) is 17.3. The largest absolute Gasteiger partial charge is 0.326 e. The average molecular weight is 338 g/mol. The van der Waals surface area contributed by atoms with Crippen molar-refractivity contribution in [1.82, 2.24) is 0 Å². The lowest BCUT2D eigenvalue weighted by molar-refractivity contribution is -0.118. The molecule has 4 heteroatoms. The van der Waals surface area contributed by atoms with Crippen LogP contribution in [0.2, 0.25) is 0 Å². The summed E-state index contributed by atoms with van der Waals surface area (Å²) in [4.78, 5) is 26.0. The second-order valence-electron chi connectivity index (χ2n) is 6.43. The van der Waals surface area contributed by atoms with Gasteiger partial charge in [-0.05, 0) is 36.1 Å². The number of amides is 2. The molecule has 0 aliphatic rings. The molecule has 0 bridgehead atoms. The minimum Gasteiger partial charge on any atom is -0.326 e. The quantitative estimate of drug-likeness (QED) is 0.803. The van der Waals surface area contributed by atoms with E-state index in [1.54, 1.807) is 11.9 Å². The molecule has 0 aliphatic carbocycles. The van der Waals surface area contributed by atoms with E-state index in [1.165, 1.54) is 0 Å². The van der Waals surface area contributed by atoms with Crippen LogP contribution in [0.25, 0.3) is 0 Å². The number of para-hydroxylation sites is 2. The van der Waals surface area contributed by atoms with Crippen LogP contribution in [0.1, 0.15) is 44.6 Å². The van der Waals surface area contributed by atoms with Crippen LogP contribution >= 0.6 is 0 Å². The first-order valence-electron chi connectivity index (χ1n) is 8.69. The van der Waals surface area contributed by atoms with Gasteiger partial charge in [-0.3, -0.25) is 9.59 Å². The van der Waals surface area contributed by atoms with Crippen molar-refractivity contribution in [3.05, 3.63) is 60.2 Å². The molecule has 0 saturated carbocycles. The lowest BCUT2D eigenvalue weighted by atomic mass is 10.0. The Balaban J connectivity index is 1.82. The Morgan fingerprint density at radius 1 is 0.960 bits per heavy atom. The third-order valence-electron chi connectivity index (χ3n) is 4.17. The van der Waals surface area contributed by atoms with Crippen LogP contribution in [0.5, 0.6) is 0 Å². The van der Waals surface area contributed by atoms with E-state index in [-0.39, 0.29) is 11.8 Å². The molecule has 0 heterocycles. The second kappa shape index (κ2) is 9.02. The minimum atomic E-state index is -0.0525. The van der Waals surface area contributed by atoms with Gasteiger partial charge >= 0.3 is 0 Å². The Kier molecular flexibility index (Phi) is 6.75. The molecule has 0 aromatic heterocycles. The summed E-state index contributed by atoms with van der Waals surface area (Å²) in [6.07, 6.45) is 1.22. The fourth-order valence-corrected chi connectivity index (χ4v) is 2.69. The van der Waals surface area contributed by atoms with Gasteiger partial charge in [0.25, 0.3) is 0 Å². The number of carbonyl (C=O) groups excluding carboxylic acids is 2. The van der Waals surface area contributed by atoms with E-state index < -0.39 is 0 Å². The predicted molar refractivity (Wildman–Crippen MR) is 103 cm³/mol. The van der Waals surface area contributed by atoms with Gasteiger partial charge in [0.2, 0.25) is 11.8 Å². The molecule has 2 amide bonds. The number of anilines is 2. The van der Waals surface area contributed by atoms with Gasteiger partial charge in [-0.15, -0.1) is 0 Å². The molecule has 25 heavy (non-hydrogen) atoms. The van der Waals surface area contributed by atoms with Crippen molar-refractivity contribution in [2.24, 2.45) is 0 Å². The van der Waals surface area contributed by atoms with Crippen molar-refractivity contribution >= 4 is 23.2 Å². The monoisotopic (exact) mass is 338 g/mol. The maximum absolute atomic E-state index is 12.2. The van der Waals surface area contributed by atoms with Crippen LogP contribution in [-0.2, 0) is 9.59 Å². The van der Waals surface area contributed by atoms with Crippen molar-refractivity contribution in [3.63, 3.8) is 0 Å². The standard InChI is InChI=1S/C21H26N2O2/c1-16(2)18-12-7-8-13-19(18)22-20(24)14-9-15-21(25)23(3)17-10-5-4-6-11-17/h4-8,10-13,16H,9,14-15H2,1-3H3,(H,22,24). The zero-order valence-corrected chi connectivity index (χ0v) is 15.2. The minimum absolute atomic E-state index is 0.0154. The first-order valence-corrected chi connectivity index (χ1v) is 8.69. The van der Waals surface area contributed by atoms with Gasteiger partial charge in [0.1, 0.15) is 0 Å². The predicted octanol–water partition coefficient (Wildman–Crippen LogP) is 4.58. The van der Waals surface area contributed by atoms with E-state index in [2.05, 4.69) is 19.2 Å². The van der Waals surface area contributed by atoms with E-state index in [4.69, 9.17) is 0 Å². The maximum atomic E-state index is 12.2. The molecule has 0 aliphatic heterocycles. The first-order chi connectivity index (χ1) is 12.0. The number of rotatable bonds is 7. The Morgan fingerprint density at radius 2 is 1.60 bits per heavy atom. The number of benzene rings is 2. The summed E-state index contributed by atoms with van der Waals surface area (Å²) >= 11 is 0. The van der Waals surface area contributed by atoms with Gasteiger partial charge in [-0.2, -0.15) is 0 Å². The molecule has 0 spiro atoms. The van der Waals surface area contributed by atoms with Crippen LogP contribution in [0.4, 0.5) is 11.4 Å². The smallest absolute Gasteiger partial charge is 0.226 e. The van der Waals surface area contributed by atoms with Crippen LogP contribution in [0.15, 0.2) is 54.6 Å². The topological polar surface area (TPSA) is 49.4 Å². The molecule has 4 nitrogen and oxygen atoms in total. The van der Waals surface area contributed by atoms with Gasteiger partial charge in [-0.25, -0.2) is 0 Å².